The smallest absolute Gasteiger partial charge is 0.256 e. The minimum atomic E-state index is -0.190. The molecule has 4 rings (SSSR count). The van der Waals surface area contributed by atoms with Crippen molar-refractivity contribution in [3.63, 3.8) is 0 Å². The average Bonchev–Trinajstić information content (AvgIpc) is 3.37. The maximum absolute atomic E-state index is 12.7. The second-order valence-electron chi connectivity index (χ2n) is 6.58. The van der Waals surface area contributed by atoms with Crippen LogP contribution in [0.15, 0.2) is 36.5 Å². The highest BCUT2D eigenvalue weighted by Crippen LogP contribution is 2.35. The lowest BCUT2D eigenvalue weighted by molar-refractivity contribution is 0.0947. The number of aryl methyl sites for hydroxylation is 3. The molecule has 28 heavy (non-hydrogen) atoms. The number of benzene rings is 1. The van der Waals surface area contributed by atoms with Crippen molar-refractivity contribution < 1.29 is 19.0 Å². The predicted molar refractivity (Wildman–Crippen MR) is 102 cm³/mol. The topological polar surface area (TPSA) is 79.5 Å². The number of aromatic nitrogens is 3. The normalized spacial score (nSPS) is 12.2. The molecular formula is C20H22N4O4. The first kappa shape index (κ1) is 18.0. The highest BCUT2D eigenvalue weighted by Gasteiger charge is 2.19. The average molecular weight is 382 g/mol. The molecule has 1 N–H and O–H groups in total. The predicted octanol–water partition coefficient (Wildman–Crippen LogP) is 2.37. The number of amides is 1. The maximum atomic E-state index is 12.7. The monoisotopic (exact) mass is 382 g/mol. The second kappa shape index (κ2) is 7.30. The van der Waals surface area contributed by atoms with Gasteiger partial charge < -0.3 is 24.1 Å². The van der Waals surface area contributed by atoms with Gasteiger partial charge in [0.2, 0.25) is 6.79 Å². The van der Waals surface area contributed by atoms with Crippen molar-refractivity contribution in [2.75, 3.05) is 19.9 Å². The minimum absolute atomic E-state index is 0.190. The van der Waals surface area contributed by atoms with Crippen LogP contribution in [0.3, 0.4) is 0 Å². The van der Waals surface area contributed by atoms with Crippen LogP contribution in [-0.2, 0) is 7.05 Å². The van der Waals surface area contributed by atoms with E-state index in [1.54, 1.807) is 23.0 Å². The van der Waals surface area contributed by atoms with Crippen molar-refractivity contribution in [1.82, 2.24) is 19.7 Å². The van der Waals surface area contributed by atoms with Crippen LogP contribution in [0.2, 0.25) is 0 Å². The minimum Gasteiger partial charge on any atom is -0.492 e. The summed E-state index contributed by atoms with van der Waals surface area (Å²) in [6, 6.07) is 9.43. The second-order valence-corrected chi connectivity index (χ2v) is 6.58. The summed E-state index contributed by atoms with van der Waals surface area (Å²) in [7, 11) is 1.83. The third-order valence-corrected chi connectivity index (χ3v) is 4.64. The Morgan fingerprint density at radius 2 is 1.93 bits per heavy atom. The van der Waals surface area contributed by atoms with E-state index < -0.39 is 0 Å². The van der Waals surface area contributed by atoms with Crippen LogP contribution >= 0.6 is 0 Å². The summed E-state index contributed by atoms with van der Waals surface area (Å²) >= 11 is 0. The van der Waals surface area contributed by atoms with E-state index in [9.17, 15) is 4.79 Å². The summed E-state index contributed by atoms with van der Waals surface area (Å²) in [6.07, 6.45) is 1.59. The van der Waals surface area contributed by atoms with E-state index in [2.05, 4.69) is 10.4 Å². The van der Waals surface area contributed by atoms with Gasteiger partial charge in [-0.05, 0) is 38.1 Å². The number of ether oxygens (including phenoxy) is 3. The third-order valence-electron chi connectivity index (χ3n) is 4.64. The van der Waals surface area contributed by atoms with Gasteiger partial charge in [0, 0.05) is 24.5 Å². The molecule has 0 unspecified atom stereocenters. The van der Waals surface area contributed by atoms with Crippen molar-refractivity contribution in [3.8, 4) is 23.1 Å². The molecule has 8 nitrogen and oxygen atoms in total. The molecule has 0 bridgehead atoms. The van der Waals surface area contributed by atoms with Gasteiger partial charge in [-0.15, -0.1) is 0 Å². The van der Waals surface area contributed by atoms with E-state index in [1.807, 2.05) is 43.7 Å². The Morgan fingerprint density at radius 1 is 1.18 bits per heavy atom. The van der Waals surface area contributed by atoms with Gasteiger partial charge in [-0.25, -0.2) is 0 Å². The molecule has 146 valence electrons. The molecule has 0 radical (unpaired) electrons. The molecule has 3 aromatic rings. The van der Waals surface area contributed by atoms with Crippen LogP contribution in [-0.4, -0.2) is 40.2 Å². The first-order valence-corrected chi connectivity index (χ1v) is 9.02. The molecule has 0 saturated heterocycles. The summed E-state index contributed by atoms with van der Waals surface area (Å²) in [5.74, 6) is 2.59. The van der Waals surface area contributed by atoms with Gasteiger partial charge in [0.05, 0.1) is 12.7 Å². The van der Waals surface area contributed by atoms with E-state index in [-0.39, 0.29) is 12.7 Å². The van der Waals surface area contributed by atoms with E-state index >= 15 is 0 Å². The Hall–Kier alpha value is -3.42. The molecule has 0 spiro atoms. The van der Waals surface area contributed by atoms with Crippen LogP contribution in [0, 0.1) is 13.8 Å². The highest BCUT2D eigenvalue weighted by molar-refractivity contribution is 5.97. The summed E-state index contributed by atoms with van der Waals surface area (Å²) in [5, 5.41) is 7.15. The van der Waals surface area contributed by atoms with Crippen LogP contribution < -0.4 is 19.5 Å². The van der Waals surface area contributed by atoms with Crippen molar-refractivity contribution in [1.29, 1.82) is 0 Å². The molecule has 3 heterocycles. The summed E-state index contributed by atoms with van der Waals surface area (Å²) in [4.78, 5) is 12.7. The number of hydrogen-bond donors (Lipinski definition) is 1. The van der Waals surface area contributed by atoms with Crippen molar-refractivity contribution in [2.24, 2.45) is 7.05 Å². The molecule has 0 saturated carbocycles. The van der Waals surface area contributed by atoms with Gasteiger partial charge in [0.1, 0.15) is 23.7 Å². The zero-order chi connectivity index (χ0) is 19.7. The van der Waals surface area contributed by atoms with Crippen LogP contribution in [0.25, 0.3) is 5.82 Å². The van der Waals surface area contributed by atoms with Crippen LogP contribution in [0.5, 0.6) is 17.2 Å². The van der Waals surface area contributed by atoms with Gasteiger partial charge in [-0.1, -0.05) is 0 Å². The van der Waals surface area contributed by atoms with Crippen molar-refractivity contribution in [3.05, 3.63) is 53.5 Å². The van der Waals surface area contributed by atoms with Crippen molar-refractivity contribution >= 4 is 5.91 Å². The molecule has 1 aromatic carbocycles. The Labute approximate surface area is 162 Å². The Bertz CT molecular complexity index is 1000. The van der Waals surface area contributed by atoms with Crippen molar-refractivity contribution in [2.45, 2.75) is 13.8 Å². The SMILES string of the molecule is Cc1ccc(C)n1-c1c(C(=O)NCCOc2ccc3c(c2)OCO3)cnn1C. The molecule has 0 aliphatic carbocycles. The Kier molecular flexibility index (Phi) is 4.68. The lowest BCUT2D eigenvalue weighted by Gasteiger charge is -2.13. The molecule has 1 amide bonds. The number of nitrogens with zero attached hydrogens (tertiary/aromatic N) is 3. The number of hydrogen-bond acceptors (Lipinski definition) is 5. The largest absolute Gasteiger partial charge is 0.492 e. The fourth-order valence-electron chi connectivity index (χ4n) is 3.25. The number of nitrogens with one attached hydrogen (secondary N) is 1. The fourth-order valence-corrected chi connectivity index (χ4v) is 3.25. The van der Waals surface area contributed by atoms with Gasteiger partial charge in [0.15, 0.2) is 11.5 Å². The zero-order valence-electron chi connectivity index (χ0n) is 16.1. The molecular weight excluding hydrogens is 360 g/mol. The van der Waals surface area contributed by atoms with Crippen LogP contribution in [0.1, 0.15) is 21.7 Å². The van der Waals surface area contributed by atoms with Gasteiger partial charge in [0.25, 0.3) is 5.91 Å². The van der Waals surface area contributed by atoms with E-state index in [1.165, 1.54) is 0 Å². The van der Waals surface area contributed by atoms with Gasteiger partial charge in [-0.2, -0.15) is 5.10 Å². The van der Waals surface area contributed by atoms with E-state index in [0.717, 1.165) is 17.2 Å². The molecule has 8 heteroatoms. The summed E-state index contributed by atoms with van der Waals surface area (Å²) in [5.41, 5.74) is 2.61. The molecule has 2 aromatic heterocycles. The first-order chi connectivity index (χ1) is 13.5. The lowest BCUT2D eigenvalue weighted by atomic mass is 10.3. The highest BCUT2D eigenvalue weighted by atomic mass is 16.7. The zero-order valence-corrected chi connectivity index (χ0v) is 16.1. The maximum Gasteiger partial charge on any atom is 0.256 e. The molecule has 1 aliphatic heterocycles. The molecule has 1 aliphatic rings. The molecule has 0 atom stereocenters. The lowest BCUT2D eigenvalue weighted by Crippen LogP contribution is -2.29. The number of fused-ring (bicyclic) bond motifs is 1. The number of carbonyl (C=O) groups excluding carboxylic acids is 1. The summed E-state index contributed by atoms with van der Waals surface area (Å²) < 4.78 is 20.0. The number of carbonyl (C=O) groups is 1. The fraction of sp³-hybridized carbons (Fsp3) is 0.300. The van der Waals surface area contributed by atoms with E-state index in [4.69, 9.17) is 14.2 Å². The Morgan fingerprint density at radius 3 is 2.71 bits per heavy atom. The quantitative estimate of drug-likeness (QED) is 0.662. The Balaban J connectivity index is 1.39. The summed E-state index contributed by atoms with van der Waals surface area (Å²) in [6.45, 7) is 4.93. The van der Waals surface area contributed by atoms with E-state index in [0.29, 0.717) is 36.0 Å². The number of rotatable bonds is 6. The van der Waals surface area contributed by atoms with Gasteiger partial charge >= 0.3 is 0 Å². The standard InChI is InChI=1S/C20H22N4O4/c1-13-4-5-14(2)24(13)20-16(11-22-23(20)3)19(25)21-8-9-26-15-6-7-17-18(10-15)28-12-27-17/h4-7,10-11H,8-9,12H2,1-3H3,(H,21,25). The molecule has 0 fully saturated rings. The van der Waals surface area contributed by atoms with Gasteiger partial charge in [-0.3, -0.25) is 9.48 Å². The third kappa shape index (κ3) is 3.28. The first-order valence-electron chi connectivity index (χ1n) is 9.02. The van der Waals surface area contributed by atoms with Crippen LogP contribution in [0.4, 0.5) is 0 Å².